The predicted molar refractivity (Wildman–Crippen MR) is 99.0 cm³/mol. The number of carbonyl (C=O) groups is 1. The first-order valence-corrected chi connectivity index (χ1v) is 9.99. The standard InChI is InChI=1S/C16H18Br2F3N5O/c1-3-25-6-10(17)11(22-25)7-24(2)12(27)8-26-14(9-4-5-9)13(18)15(23-26)16(19,20)21/h6,9H,3-5,7-8H2,1-2H3. The third kappa shape index (κ3) is 4.39. The van der Waals surface area contributed by atoms with Gasteiger partial charge in [0.25, 0.3) is 0 Å². The Kier molecular flexibility index (Phi) is 5.72. The smallest absolute Gasteiger partial charge is 0.338 e. The summed E-state index contributed by atoms with van der Waals surface area (Å²) in [6.45, 7) is 2.65. The van der Waals surface area contributed by atoms with Crippen LogP contribution in [0.1, 0.15) is 42.8 Å². The van der Waals surface area contributed by atoms with E-state index in [2.05, 4.69) is 42.1 Å². The molecule has 0 spiro atoms. The molecule has 2 aromatic rings. The average molecular weight is 513 g/mol. The van der Waals surface area contributed by atoms with Crippen molar-refractivity contribution in [2.24, 2.45) is 0 Å². The SMILES string of the molecule is CCn1cc(Br)c(CN(C)C(=O)Cn2nc(C(F)(F)F)c(Br)c2C2CC2)n1. The molecule has 1 aliphatic rings. The molecule has 11 heteroatoms. The van der Waals surface area contributed by atoms with E-state index in [1.54, 1.807) is 11.7 Å². The van der Waals surface area contributed by atoms with Gasteiger partial charge >= 0.3 is 6.18 Å². The number of hydrogen-bond donors (Lipinski definition) is 0. The van der Waals surface area contributed by atoms with E-state index in [4.69, 9.17) is 0 Å². The zero-order valence-electron chi connectivity index (χ0n) is 14.7. The fourth-order valence-corrected chi connectivity index (χ4v) is 4.04. The van der Waals surface area contributed by atoms with Gasteiger partial charge in [0.15, 0.2) is 5.69 Å². The molecule has 2 heterocycles. The second-order valence-corrected chi connectivity index (χ2v) is 8.15. The summed E-state index contributed by atoms with van der Waals surface area (Å²) >= 11 is 6.44. The lowest BCUT2D eigenvalue weighted by molar-refractivity contribution is -0.142. The minimum absolute atomic E-state index is 0.00970. The molecule has 0 atom stereocenters. The Morgan fingerprint density at radius 1 is 1.33 bits per heavy atom. The molecule has 6 nitrogen and oxygen atoms in total. The van der Waals surface area contributed by atoms with Gasteiger partial charge in [-0.2, -0.15) is 23.4 Å². The molecule has 148 valence electrons. The summed E-state index contributed by atoms with van der Waals surface area (Å²) in [5.41, 5.74) is 0.151. The average Bonchev–Trinajstić information content (AvgIpc) is 3.27. The van der Waals surface area contributed by atoms with Crippen LogP contribution in [0.5, 0.6) is 0 Å². The molecule has 0 bridgehead atoms. The monoisotopic (exact) mass is 511 g/mol. The maximum atomic E-state index is 13.2. The van der Waals surface area contributed by atoms with Crippen LogP contribution in [0.15, 0.2) is 15.1 Å². The largest absolute Gasteiger partial charge is 0.436 e. The zero-order valence-corrected chi connectivity index (χ0v) is 17.9. The summed E-state index contributed by atoms with van der Waals surface area (Å²) in [5.74, 6) is -0.325. The second-order valence-electron chi connectivity index (χ2n) is 6.51. The summed E-state index contributed by atoms with van der Waals surface area (Å²) < 4.78 is 43.2. The molecule has 1 aliphatic carbocycles. The number of carbonyl (C=O) groups excluding carboxylic acids is 1. The number of aryl methyl sites for hydroxylation is 1. The fraction of sp³-hybridized carbons (Fsp3) is 0.562. The molecular weight excluding hydrogens is 495 g/mol. The molecule has 0 radical (unpaired) electrons. The molecule has 3 rings (SSSR count). The normalized spacial score (nSPS) is 14.6. The highest BCUT2D eigenvalue weighted by Crippen LogP contribution is 2.46. The summed E-state index contributed by atoms with van der Waals surface area (Å²) in [6, 6.07) is 0. The van der Waals surface area contributed by atoms with Crippen LogP contribution < -0.4 is 0 Å². The lowest BCUT2D eigenvalue weighted by Gasteiger charge is -2.17. The molecule has 1 amide bonds. The Balaban J connectivity index is 1.78. The van der Waals surface area contributed by atoms with E-state index in [0.29, 0.717) is 17.9 Å². The highest BCUT2D eigenvalue weighted by atomic mass is 79.9. The quantitative estimate of drug-likeness (QED) is 0.583. The van der Waals surface area contributed by atoms with Gasteiger partial charge in [-0.25, -0.2) is 0 Å². The van der Waals surface area contributed by atoms with Gasteiger partial charge in [-0.15, -0.1) is 0 Å². The topological polar surface area (TPSA) is 56.0 Å². The Morgan fingerprint density at radius 3 is 2.52 bits per heavy atom. The van der Waals surface area contributed by atoms with Crippen molar-refractivity contribution in [1.82, 2.24) is 24.5 Å². The molecule has 0 saturated heterocycles. The van der Waals surface area contributed by atoms with Crippen LogP contribution in [0.25, 0.3) is 0 Å². The summed E-state index contributed by atoms with van der Waals surface area (Å²) in [4.78, 5) is 14.0. The summed E-state index contributed by atoms with van der Waals surface area (Å²) in [5, 5.41) is 8.04. The van der Waals surface area contributed by atoms with E-state index < -0.39 is 11.9 Å². The van der Waals surface area contributed by atoms with E-state index in [1.807, 2.05) is 13.1 Å². The number of halogens is 5. The Bertz CT molecular complexity index is 857. The molecule has 0 aliphatic heterocycles. The van der Waals surface area contributed by atoms with Crippen LogP contribution in [0, 0.1) is 0 Å². The first-order valence-electron chi connectivity index (χ1n) is 8.41. The number of hydrogen-bond acceptors (Lipinski definition) is 3. The Hall–Kier alpha value is -1.36. The van der Waals surface area contributed by atoms with E-state index in [1.165, 1.54) is 9.58 Å². The van der Waals surface area contributed by atoms with Crippen LogP contribution >= 0.6 is 31.9 Å². The van der Waals surface area contributed by atoms with E-state index in [-0.39, 0.29) is 29.4 Å². The molecule has 27 heavy (non-hydrogen) atoms. The first-order chi connectivity index (χ1) is 12.6. The number of nitrogens with zero attached hydrogens (tertiary/aromatic N) is 5. The third-order valence-corrected chi connectivity index (χ3v) is 5.82. The van der Waals surface area contributed by atoms with Gasteiger partial charge in [-0.05, 0) is 51.6 Å². The third-order valence-electron chi connectivity index (χ3n) is 4.37. The minimum Gasteiger partial charge on any atom is -0.338 e. The van der Waals surface area contributed by atoms with Crippen molar-refractivity contribution >= 4 is 37.8 Å². The fourth-order valence-electron chi connectivity index (χ4n) is 2.77. The van der Waals surface area contributed by atoms with Crippen molar-refractivity contribution in [2.75, 3.05) is 7.05 Å². The van der Waals surface area contributed by atoms with Crippen molar-refractivity contribution in [1.29, 1.82) is 0 Å². The lowest BCUT2D eigenvalue weighted by atomic mass is 10.2. The Morgan fingerprint density at radius 2 is 2.00 bits per heavy atom. The summed E-state index contributed by atoms with van der Waals surface area (Å²) in [6.07, 6.45) is -1.15. The number of aromatic nitrogens is 4. The molecule has 1 fully saturated rings. The predicted octanol–water partition coefficient (Wildman–Crippen LogP) is 4.18. The number of amides is 1. The molecule has 0 N–H and O–H groups in total. The van der Waals surface area contributed by atoms with Gasteiger partial charge in [0.05, 0.1) is 26.9 Å². The van der Waals surface area contributed by atoms with Crippen molar-refractivity contribution < 1.29 is 18.0 Å². The second kappa shape index (κ2) is 7.57. The van der Waals surface area contributed by atoms with E-state index in [0.717, 1.165) is 17.3 Å². The minimum atomic E-state index is -4.57. The van der Waals surface area contributed by atoms with Gasteiger partial charge in [0, 0.05) is 25.7 Å². The van der Waals surface area contributed by atoms with Gasteiger partial charge in [0.1, 0.15) is 6.54 Å². The Labute approximate surface area is 170 Å². The highest BCUT2D eigenvalue weighted by Gasteiger charge is 2.42. The van der Waals surface area contributed by atoms with E-state index >= 15 is 0 Å². The lowest BCUT2D eigenvalue weighted by Crippen LogP contribution is -2.31. The van der Waals surface area contributed by atoms with Crippen LogP contribution in [-0.4, -0.2) is 37.4 Å². The molecular formula is C16H18Br2F3N5O. The van der Waals surface area contributed by atoms with Crippen LogP contribution in [0.4, 0.5) is 13.2 Å². The molecule has 0 unspecified atom stereocenters. The molecule has 0 aromatic carbocycles. The molecule has 1 saturated carbocycles. The van der Waals surface area contributed by atoms with Crippen molar-refractivity contribution in [3.63, 3.8) is 0 Å². The van der Waals surface area contributed by atoms with Crippen LogP contribution in [0.3, 0.4) is 0 Å². The number of alkyl halides is 3. The summed E-state index contributed by atoms with van der Waals surface area (Å²) in [7, 11) is 1.60. The molecule has 2 aromatic heterocycles. The van der Waals surface area contributed by atoms with Gasteiger partial charge in [0.2, 0.25) is 5.91 Å². The zero-order chi connectivity index (χ0) is 19.9. The number of likely N-dealkylation sites (N-methyl/N-ethyl adjacent to an activating group) is 1. The van der Waals surface area contributed by atoms with Crippen molar-refractivity contribution in [3.8, 4) is 0 Å². The van der Waals surface area contributed by atoms with Crippen molar-refractivity contribution in [3.05, 3.63) is 32.2 Å². The first kappa shape index (κ1) is 20.4. The highest BCUT2D eigenvalue weighted by molar-refractivity contribution is 9.10. The van der Waals surface area contributed by atoms with Gasteiger partial charge in [-0.1, -0.05) is 0 Å². The maximum Gasteiger partial charge on any atom is 0.436 e. The van der Waals surface area contributed by atoms with Crippen LogP contribution in [0.2, 0.25) is 0 Å². The van der Waals surface area contributed by atoms with E-state index in [9.17, 15) is 18.0 Å². The van der Waals surface area contributed by atoms with Crippen molar-refractivity contribution in [2.45, 2.75) is 51.5 Å². The maximum absolute atomic E-state index is 13.2. The van der Waals surface area contributed by atoms with Gasteiger partial charge in [-0.3, -0.25) is 14.2 Å². The number of rotatable bonds is 6. The van der Waals surface area contributed by atoms with Crippen LogP contribution in [-0.2, 0) is 30.6 Å². The van der Waals surface area contributed by atoms with Gasteiger partial charge < -0.3 is 4.90 Å².